The van der Waals surface area contributed by atoms with Crippen molar-refractivity contribution in [3.63, 3.8) is 0 Å². The van der Waals surface area contributed by atoms with E-state index in [4.69, 9.17) is 37.4 Å². The number of carbonyl (C=O) groups is 3. The average molecular weight is 550 g/mol. The van der Waals surface area contributed by atoms with Gasteiger partial charge in [-0.1, -0.05) is 59.6 Å². The van der Waals surface area contributed by atoms with Gasteiger partial charge in [-0.3, -0.25) is 4.79 Å². The van der Waals surface area contributed by atoms with Crippen LogP contribution in [0, 0.1) is 0 Å². The molecule has 0 amide bonds. The first-order valence-electron chi connectivity index (χ1n) is 11.5. The number of halogens is 2. The van der Waals surface area contributed by atoms with E-state index in [1.165, 1.54) is 31.3 Å². The summed E-state index contributed by atoms with van der Waals surface area (Å²) in [7, 11) is 2.37. The highest BCUT2D eigenvalue weighted by Gasteiger charge is 2.58. The topological polar surface area (TPSA) is 82.1 Å². The van der Waals surface area contributed by atoms with Crippen molar-refractivity contribution in [2.24, 2.45) is 0 Å². The van der Waals surface area contributed by atoms with Gasteiger partial charge < -0.3 is 19.1 Å². The monoisotopic (exact) mass is 549 g/mol. The molecule has 38 heavy (non-hydrogen) atoms. The maximum absolute atomic E-state index is 14.5. The highest BCUT2D eigenvalue weighted by atomic mass is 35.5. The molecule has 0 N–H and O–H groups in total. The highest BCUT2D eigenvalue weighted by Crippen LogP contribution is 2.49. The fourth-order valence-electron chi connectivity index (χ4n) is 4.76. The first-order chi connectivity index (χ1) is 18.3. The fourth-order valence-corrected chi connectivity index (χ4v) is 5.02. The van der Waals surface area contributed by atoms with Crippen LogP contribution in [0.3, 0.4) is 0 Å². The van der Waals surface area contributed by atoms with Gasteiger partial charge in [0.1, 0.15) is 11.3 Å². The predicted octanol–water partition coefficient (Wildman–Crippen LogP) is 5.56. The molecule has 0 radical (unpaired) electrons. The molecule has 2 aliphatic heterocycles. The molecule has 2 unspecified atom stereocenters. The van der Waals surface area contributed by atoms with Gasteiger partial charge in [0.25, 0.3) is 0 Å². The average Bonchev–Trinajstić information content (AvgIpc) is 2.95. The Morgan fingerprint density at radius 2 is 1.45 bits per heavy atom. The van der Waals surface area contributed by atoms with Crippen molar-refractivity contribution in [3.05, 3.63) is 117 Å². The molecule has 9 heteroatoms. The van der Waals surface area contributed by atoms with Crippen LogP contribution in [0.15, 0.2) is 90.1 Å². The number of ketones is 1. The minimum absolute atomic E-state index is 0.176. The van der Waals surface area contributed by atoms with Crippen molar-refractivity contribution in [1.82, 2.24) is 0 Å². The van der Waals surface area contributed by atoms with Gasteiger partial charge in [-0.15, -0.1) is 0 Å². The van der Waals surface area contributed by atoms with Crippen molar-refractivity contribution in [2.75, 3.05) is 19.1 Å². The number of carbonyl (C=O) groups excluding carboxylic acids is 3. The van der Waals surface area contributed by atoms with Crippen molar-refractivity contribution in [2.45, 2.75) is 11.8 Å². The van der Waals surface area contributed by atoms with Crippen LogP contribution in [0.2, 0.25) is 10.0 Å². The van der Waals surface area contributed by atoms with Crippen molar-refractivity contribution in [3.8, 4) is 0 Å². The summed E-state index contributed by atoms with van der Waals surface area (Å²) < 4.78 is 16.9. The van der Waals surface area contributed by atoms with E-state index < -0.39 is 29.6 Å². The summed E-state index contributed by atoms with van der Waals surface area (Å²) in [5.41, 5.74) is -0.766. The summed E-state index contributed by atoms with van der Waals surface area (Å²) in [6.45, 7) is 0. The number of benzene rings is 3. The summed E-state index contributed by atoms with van der Waals surface area (Å²) in [5, 5.41) is 0.826. The molecule has 0 bridgehead atoms. The molecule has 2 aliphatic rings. The number of ether oxygens (including phenoxy) is 3. The normalized spacial score (nSPS) is 19.9. The second kappa shape index (κ2) is 10.1. The summed E-state index contributed by atoms with van der Waals surface area (Å²) >= 11 is 12.2. The van der Waals surface area contributed by atoms with Gasteiger partial charge in [0, 0.05) is 15.6 Å². The lowest BCUT2D eigenvalue weighted by atomic mass is 9.76. The number of hydrogen-bond donors (Lipinski definition) is 0. The van der Waals surface area contributed by atoms with Crippen LogP contribution >= 0.6 is 23.2 Å². The van der Waals surface area contributed by atoms with Gasteiger partial charge in [-0.05, 0) is 59.7 Å². The zero-order valence-electron chi connectivity index (χ0n) is 20.3. The Kier molecular flexibility index (Phi) is 6.84. The first kappa shape index (κ1) is 25.7. The number of anilines is 1. The van der Waals surface area contributed by atoms with Crippen LogP contribution in [0.5, 0.6) is 0 Å². The molecule has 7 nitrogen and oxygen atoms in total. The summed E-state index contributed by atoms with van der Waals surface area (Å²) in [5.74, 6) is -2.38. The van der Waals surface area contributed by atoms with Crippen LogP contribution < -0.4 is 4.90 Å². The molecule has 0 aromatic heterocycles. The molecule has 0 fully saturated rings. The number of Topliss-reactive ketones (excluding diaryl/α,β-unsaturated/α-hetero) is 1. The molecule has 0 spiro atoms. The lowest BCUT2D eigenvalue weighted by Gasteiger charge is -2.48. The Morgan fingerprint density at radius 1 is 0.842 bits per heavy atom. The van der Waals surface area contributed by atoms with Gasteiger partial charge >= 0.3 is 11.9 Å². The van der Waals surface area contributed by atoms with Crippen molar-refractivity contribution in [1.29, 1.82) is 0 Å². The van der Waals surface area contributed by atoms with E-state index in [0.717, 1.165) is 5.56 Å². The summed E-state index contributed by atoms with van der Waals surface area (Å²) in [6.07, 6.45) is 2.58. The molecule has 2 atom stereocenters. The van der Waals surface area contributed by atoms with E-state index in [0.29, 0.717) is 15.7 Å². The number of nitrogens with zero attached hydrogens (tertiary/aromatic N) is 1. The van der Waals surface area contributed by atoms with E-state index in [2.05, 4.69) is 0 Å². The van der Waals surface area contributed by atoms with E-state index >= 15 is 0 Å². The van der Waals surface area contributed by atoms with Gasteiger partial charge in [-0.25, -0.2) is 9.59 Å². The Hall–Kier alpha value is -3.91. The quantitative estimate of drug-likeness (QED) is 0.304. The van der Waals surface area contributed by atoms with E-state index in [1.54, 1.807) is 54.6 Å². The van der Waals surface area contributed by atoms with Gasteiger partial charge in [0.05, 0.1) is 19.9 Å². The molecule has 0 saturated carbocycles. The molecule has 5 rings (SSSR count). The Labute approximate surface area is 228 Å². The van der Waals surface area contributed by atoms with Crippen molar-refractivity contribution >= 4 is 52.7 Å². The number of hydrogen-bond acceptors (Lipinski definition) is 7. The standard InChI is InChI=1S/C29H21Cl2NO6/c1-36-27(34)24-25(28(35)37-2)32-22-6-4-3-5-17(22)9-16-23(32)38-29(24,19-10-14-21(31)15-11-19)26(33)18-7-12-20(30)13-8-18/h3-16,23H,1-2H3. The van der Waals surface area contributed by atoms with Gasteiger partial charge in [-0.2, -0.15) is 0 Å². The number of esters is 2. The van der Waals surface area contributed by atoms with E-state index in [9.17, 15) is 14.4 Å². The Morgan fingerprint density at radius 3 is 2.08 bits per heavy atom. The van der Waals surface area contributed by atoms with Crippen LogP contribution in [-0.2, 0) is 29.4 Å². The maximum Gasteiger partial charge on any atom is 0.355 e. The molecule has 0 aliphatic carbocycles. The minimum atomic E-state index is -2.10. The second-order valence-corrected chi connectivity index (χ2v) is 9.40. The largest absolute Gasteiger partial charge is 0.465 e. The number of methoxy groups -OCH3 is 2. The Bertz CT molecular complexity index is 1500. The van der Waals surface area contributed by atoms with Gasteiger partial charge in [0.2, 0.25) is 5.78 Å². The van der Waals surface area contributed by atoms with Crippen LogP contribution in [0.25, 0.3) is 6.08 Å². The predicted molar refractivity (Wildman–Crippen MR) is 143 cm³/mol. The van der Waals surface area contributed by atoms with Gasteiger partial charge in [0.15, 0.2) is 11.8 Å². The number of rotatable bonds is 5. The number of fused-ring (bicyclic) bond motifs is 3. The lowest BCUT2D eigenvalue weighted by molar-refractivity contribution is -0.145. The fraction of sp³-hybridized carbons (Fsp3) is 0.138. The van der Waals surface area contributed by atoms with Crippen molar-refractivity contribution < 1.29 is 28.6 Å². The second-order valence-electron chi connectivity index (χ2n) is 8.53. The third-order valence-electron chi connectivity index (χ3n) is 6.46. The number of para-hydroxylation sites is 1. The SMILES string of the molecule is COC(=O)C1=C(C(=O)OC)C(C(=O)c2ccc(Cl)cc2)(c2ccc(Cl)cc2)OC2C=Cc3ccccc3N12. The third-order valence-corrected chi connectivity index (χ3v) is 6.97. The zero-order valence-corrected chi connectivity index (χ0v) is 21.8. The molecule has 3 aromatic rings. The zero-order chi connectivity index (χ0) is 27.0. The summed E-state index contributed by atoms with van der Waals surface area (Å²) in [6, 6.07) is 19.7. The minimum Gasteiger partial charge on any atom is -0.465 e. The maximum atomic E-state index is 14.5. The van der Waals surface area contributed by atoms with E-state index in [-0.39, 0.29) is 22.4 Å². The van der Waals surface area contributed by atoms with Crippen LogP contribution in [0.1, 0.15) is 21.5 Å². The molecule has 192 valence electrons. The van der Waals surface area contributed by atoms with E-state index in [1.807, 2.05) is 18.2 Å². The molecular weight excluding hydrogens is 529 g/mol. The molecule has 3 aromatic carbocycles. The molecule has 2 heterocycles. The smallest absolute Gasteiger partial charge is 0.355 e. The molecule has 0 saturated heterocycles. The van der Waals surface area contributed by atoms with Crippen LogP contribution in [0.4, 0.5) is 5.69 Å². The summed E-state index contributed by atoms with van der Waals surface area (Å²) in [4.78, 5) is 43.1. The molecular formula is C29H21Cl2NO6. The lowest BCUT2D eigenvalue weighted by Crippen LogP contribution is -2.57. The Balaban J connectivity index is 1.90. The third kappa shape index (κ3) is 4.09. The first-order valence-corrected chi connectivity index (χ1v) is 12.3. The highest BCUT2D eigenvalue weighted by molar-refractivity contribution is 6.31. The van der Waals surface area contributed by atoms with Crippen LogP contribution in [-0.4, -0.2) is 38.2 Å².